The summed E-state index contributed by atoms with van der Waals surface area (Å²) in [6.07, 6.45) is 5.81. The zero-order chi connectivity index (χ0) is 19.9. The minimum Gasteiger partial charge on any atom is -0.456 e. The largest absolute Gasteiger partial charge is 0.456 e. The number of aromatic nitrogens is 1. The number of nitrogens with one attached hydrogen (secondary N) is 2. The Balaban J connectivity index is 1.76. The Morgan fingerprint density at radius 1 is 1.21 bits per heavy atom. The molecule has 10 heteroatoms. The van der Waals surface area contributed by atoms with E-state index in [9.17, 15) is 18.0 Å². The Bertz CT molecular complexity index is 1260. The Kier molecular flexibility index (Phi) is 4.44. The molecule has 1 aliphatic rings. The second-order valence-corrected chi connectivity index (χ2v) is 8.82. The molecule has 0 unspecified atom stereocenters. The van der Waals surface area contributed by atoms with Gasteiger partial charge in [-0.15, -0.1) is 0 Å². The lowest BCUT2D eigenvalue weighted by Crippen LogP contribution is -2.17. The van der Waals surface area contributed by atoms with Gasteiger partial charge in [0.15, 0.2) is 0 Å². The average Bonchev–Trinajstić information content (AvgIpc) is 3.15. The van der Waals surface area contributed by atoms with Crippen molar-refractivity contribution in [1.29, 1.82) is 0 Å². The van der Waals surface area contributed by atoms with Crippen LogP contribution in [0, 0.1) is 0 Å². The van der Waals surface area contributed by atoms with E-state index in [1.54, 1.807) is 36.7 Å². The van der Waals surface area contributed by atoms with E-state index in [4.69, 9.17) is 4.42 Å². The number of fused-ring (bicyclic) bond motifs is 1. The van der Waals surface area contributed by atoms with Gasteiger partial charge in [-0.05, 0) is 35.5 Å². The summed E-state index contributed by atoms with van der Waals surface area (Å²) in [5.41, 5.74) is 2.33. The van der Waals surface area contributed by atoms with E-state index in [2.05, 4.69) is 15.0 Å². The number of imide groups is 1. The number of furan rings is 1. The number of hydrogen-bond donors (Lipinski definition) is 2. The van der Waals surface area contributed by atoms with Crippen molar-refractivity contribution in [3.63, 3.8) is 0 Å². The maximum Gasteiger partial charge on any atom is 0.290 e. The van der Waals surface area contributed by atoms with Crippen molar-refractivity contribution >= 4 is 55.7 Å². The van der Waals surface area contributed by atoms with Crippen LogP contribution in [-0.4, -0.2) is 30.8 Å². The number of pyridine rings is 1. The molecule has 1 aromatic carbocycles. The van der Waals surface area contributed by atoms with Crippen molar-refractivity contribution < 1.29 is 22.4 Å². The number of anilines is 1. The first-order chi connectivity index (χ1) is 13.3. The molecule has 3 aromatic rings. The smallest absolute Gasteiger partial charge is 0.290 e. The molecule has 0 atom stereocenters. The number of hydrogen-bond acceptors (Lipinski definition) is 7. The molecule has 3 heterocycles. The van der Waals surface area contributed by atoms with Crippen LogP contribution in [0.5, 0.6) is 0 Å². The summed E-state index contributed by atoms with van der Waals surface area (Å²) >= 11 is 0.807. The summed E-state index contributed by atoms with van der Waals surface area (Å²) in [7, 11) is -3.40. The quantitative estimate of drug-likeness (QED) is 0.628. The summed E-state index contributed by atoms with van der Waals surface area (Å²) in [5.74, 6) is -0.0598. The maximum absolute atomic E-state index is 11.7. The SMILES string of the molecule is CS(=O)(=O)Nc1cccc(-c2cncc3cc(/C=C4/SC(=O)NC4=O)oc23)c1. The Labute approximate surface area is 164 Å². The molecule has 8 nitrogen and oxygen atoms in total. The van der Waals surface area contributed by atoms with Crippen LogP contribution in [0.2, 0.25) is 0 Å². The van der Waals surface area contributed by atoms with Crippen molar-refractivity contribution in [1.82, 2.24) is 10.3 Å². The molecular weight excluding hydrogens is 402 g/mol. The van der Waals surface area contributed by atoms with E-state index in [1.165, 1.54) is 6.08 Å². The monoisotopic (exact) mass is 415 g/mol. The lowest BCUT2D eigenvalue weighted by Gasteiger charge is -2.07. The van der Waals surface area contributed by atoms with Gasteiger partial charge in [0.1, 0.15) is 11.3 Å². The standard InChI is InChI=1S/C18H13N3O5S2/c1-28(24,25)21-12-4-2-3-10(5-12)14-9-19-8-11-6-13(26-16(11)14)7-15-17(22)20-18(23)27-15/h2-9,21H,1H3,(H,20,22,23)/b15-7+. The molecule has 0 saturated carbocycles. The molecule has 2 amide bonds. The Morgan fingerprint density at radius 3 is 2.75 bits per heavy atom. The predicted octanol–water partition coefficient (Wildman–Crippen LogP) is 3.19. The number of sulfonamides is 1. The lowest BCUT2D eigenvalue weighted by molar-refractivity contribution is -0.115. The van der Waals surface area contributed by atoms with Crippen molar-refractivity contribution in [2.24, 2.45) is 0 Å². The number of carbonyl (C=O) groups is 2. The number of amides is 2. The van der Waals surface area contributed by atoms with Gasteiger partial charge in [-0.25, -0.2) is 8.42 Å². The molecule has 28 heavy (non-hydrogen) atoms. The topological polar surface area (TPSA) is 118 Å². The number of carbonyl (C=O) groups excluding carboxylic acids is 2. The van der Waals surface area contributed by atoms with Crippen molar-refractivity contribution in [3.8, 4) is 11.1 Å². The molecule has 0 bridgehead atoms. The highest BCUT2D eigenvalue weighted by atomic mass is 32.2. The maximum atomic E-state index is 11.7. The highest BCUT2D eigenvalue weighted by molar-refractivity contribution is 8.18. The van der Waals surface area contributed by atoms with Gasteiger partial charge in [-0.3, -0.25) is 24.6 Å². The molecule has 0 spiro atoms. The van der Waals surface area contributed by atoms with Gasteiger partial charge in [0, 0.05) is 35.1 Å². The minimum absolute atomic E-state index is 0.248. The zero-order valence-electron chi connectivity index (χ0n) is 14.4. The van der Waals surface area contributed by atoms with Crippen molar-refractivity contribution in [3.05, 3.63) is 53.4 Å². The fraction of sp³-hybridized carbons (Fsp3) is 0.0556. The third-order valence-corrected chi connectivity index (χ3v) is 5.25. The second kappa shape index (κ2) is 6.80. The van der Waals surface area contributed by atoms with E-state index in [0.717, 1.165) is 18.0 Å². The van der Waals surface area contributed by atoms with Gasteiger partial charge in [0.25, 0.3) is 11.1 Å². The first-order valence-electron chi connectivity index (χ1n) is 7.99. The highest BCUT2D eigenvalue weighted by Gasteiger charge is 2.25. The highest BCUT2D eigenvalue weighted by Crippen LogP contribution is 2.33. The molecular formula is C18H13N3O5S2. The summed E-state index contributed by atoms with van der Waals surface area (Å²) in [4.78, 5) is 27.5. The fourth-order valence-electron chi connectivity index (χ4n) is 2.77. The van der Waals surface area contributed by atoms with Crippen LogP contribution in [0.3, 0.4) is 0 Å². The number of benzene rings is 1. The summed E-state index contributed by atoms with van der Waals surface area (Å²) < 4.78 is 31.3. The second-order valence-electron chi connectivity index (χ2n) is 6.06. The first-order valence-corrected chi connectivity index (χ1v) is 10.7. The molecule has 2 N–H and O–H groups in total. The van der Waals surface area contributed by atoms with E-state index < -0.39 is 21.2 Å². The third-order valence-electron chi connectivity index (χ3n) is 3.83. The number of nitrogens with zero attached hydrogens (tertiary/aromatic N) is 1. The van der Waals surface area contributed by atoms with Gasteiger partial charge in [-0.2, -0.15) is 0 Å². The zero-order valence-corrected chi connectivity index (χ0v) is 16.1. The van der Waals surface area contributed by atoms with Gasteiger partial charge in [-0.1, -0.05) is 12.1 Å². The molecule has 142 valence electrons. The summed E-state index contributed by atoms with van der Waals surface area (Å²) in [5, 5.41) is 2.47. The predicted molar refractivity (Wildman–Crippen MR) is 107 cm³/mol. The molecule has 0 aliphatic carbocycles. The lowest BCUT2D eigenvalue weighted by atomic mass is 10.1. The van der Waals surface area contributed by atoms with Crippen LogP contribution in [0.4, 0.5) is 10.5 Å². The van der Waals surface area contributed by atoms with Gasteiger partial charge < -0.3 is 4.42 Å². The van der Waals surface area contributed by atoms with Crippen LogP contribution in [0.1, 0.15) is 5.76 Å². The van der Waals surface area contributed by atoms with Crippen molar-refractivity contribution in [2.75, 3.05) is 11.0 Å². The van der Waals surface area contributed by atoms with Crippen molar-refractivity contribution in [2.45, 2.75) is 0 Å². The van der Waals surface area contributed by atoms with Crippen LogP contribution in [-0.2, 0) is 14.8 Å². The van der Waals surface area contributed by atoms with E-state index >= 15 is 0 Å². The molecule has 0 radical (unpaired) electrons. The fourth-order valence-corrected chi connectivity index (χ4v) is 3.99. The Hall–Kier alpha value is -3.11. The molecule has 1 aliphatic heterocycles. The minimum atomic E-state index is -3.40. The summed E-state index contributed by atoms with van der Waals surface area (Å²) in [6, 6.07) is 8.57. The van der Waals surface area contributed by atoms with Crippen LogP contribution >= 0.6 is 11.8 Å². The summed E-state index contributed by atoms with van der Waals surface area (Å²) in [6.45, 7) is 0. The Morgan fingerprint density at radius 2 is 2.04 bits per heavy atom. The molecule has 1 fully saturated rings. The van der Waals surface area contributed by atoms with Gasteiger partial charge in [0.05, 0.1) is 11.2 Å². The van der Waals surface area contributed by atoms with E-state index in [1.807, 2.05) is 6.07 Å². The average molecular weight is 415 g/mol. The van der Waals surface area contributed by atoms with Crippen LogP contribution in [0.25, 0.3) is 28.2 Å². The van der Waals surface area contributed by atoms with E-state index in [0.29, 0.717) is 33.5 Å². The number of rotatable bonds is 4. The van der Waals surface area contributed by atoms with Crippen LogP contribution < -0.4 is 10.0 Å². The number of thioether (sulfide) groups is 1. The third kappa shape index (κ3) is 3.78. The van der Waals surface area contributed by atoms with Gasteiger partial charge >= 0.3 is 0 Å². The molecule has 4 rings (SSSR count). The first kappa shape index (κ1) is 18.3. The van der Waals surface area contributed by atoms with Crippen LogP contribution in [0.15, 0.2) is 52.0 Å². The van der Waals surface area contributed by atoms with Gasteiger partial charge in [0.2, 0.25) is 10.0 Å². The van der Waals surface area contributed by atoms with E-state index in [-0.39, 0.29) is 4.91 Å². The molecule has 1 saturated heterocycles. The molecule has 2 aromatic heterocycles. The normalized spacial score (nSPS) is 16.0.